The average molecular weight is 303 g/mol. The molecule has 0 aromatic carbocycles. The lowest BCUT2D eigenvalue weighted by Crippen LogP contribution is -2.44. The normalized spacial score (nSPS) is 30.8. The molecule has 1 aromatic heterocycles. The van der Waals surface area contributed by atoms with Crippen molar-refractivity contribution in [2.45, 2.75) is 48.8 Å². The van der Waals surface area contributed by atoms with Gasteiger partial charge in [-0.25, -0.2) is 8.42 Å². The van der Waals surface area contributed by atoms with Gasteiger partial charge in [0.25, 0.3) is 0 Å². The van der Waals surface area contributed by atoms with Crippen LogP contribution in [0.3, 0.4) is 0 Å². The number of aliphatic hydroxyl groups excluding tert-OH is 1. The van der Waals surface area contributed by atoms with Crippen LogP contribution in [0.1, 0.15) is 25.7 Å². The molecular weight excluding hydrogens is 286 g/mol. The van der Waals surface area contributed by atoms with Gasteiger partial charge in [-0.15, -0.1) is 0 Å². The molecule has 2 atom stereocenters. The first-order chi connectivity index (χ1) is 8.88. The molecule has 2 aliphatic rings. The number of hydrogen-bond acceptors (Lipinski definition) is 7. The van der Waals surface area contributed by atoms with Crippen LogP contribution < -0.4 is 10.6 Å². The minimum Gasteiger partial charge on any atom is -0.393 e. The highest BCUT2D eigenvalue weighted by molar-refractivity contribution is 7.91. The minimum absolute atomic E-state index is 0.0908. The molecule has 3 heterocycles. The summed E-state index contributed by atoms with van der Waals surface area (Å²) >= 11 is 1.15. The van der Waals surface area contributed by atoms with Crippen molar-refractivity contribution in [3.05, 3.63) is 0 Å². The van der Waals surface area contributed by atoms with Crippen molar-refractivity contribution in [1.29, 1.82) is 0 Å². The third-order valence-corrected chi connectivity index (χ3v) is 6.12. The van der Waals surface area contributed by atoms with Crippen molar-refractivity contribution in [2.75, 3.05) is 16.9 Å². The number of nitrogens with two attached hydrogens (primary N) is 1. The second kappa shape index (κ2) is 4.32. The van der Waals surface area contributed by atoms with E-state index in [1.807, 2.05) is 0 Å². The zero-order valence-corrected chi connectivity index (χ0v) is 12.2. The number of hydrogen-bond donors (Lipinski definition) is 2. The molecule has 8 heteroatoms. The average Bonchev–Trinajstić information content (AvgIpc) is 2.77. The lowest BCUT2D eigenvalue weighted by Gasteiger charge is -2.38. The molecule has 3 rings (SSSR count). The number of aromatic nitrogens is 1. The molecule has 2 bridgehead atoms. The van der Waals surface area contributed by atoms with Gasteiger partial charge in [-0.05, 0) is 37.2 Å². The van der Waals surface area contributed by atoms with E-state index < -0.39 is 9.84 Å². The maximum absolute atomic E-state index is 11.9. The molecular formula is C11H17N3O3S2. The molecule has 0 saturated carbocycles. The van der Waals surface area contributed by atoms with Gasteiger partial charge in [0.2, 0.25) is 0 Å². The van der Waals surface area contributed by atoms with Crippen LogP contribution in [-0.4, -0.2) is 42.3 Å². The van der Waals surface area contributed by atoms with Gasteiger partial charge < -0.3 is 15.7 Å². The topological polar surface area (TPSA) is 96.5 Å². The van der Waals surface area contributed by atoms with E-state index in [1.54, 1.807) is 0 Å². The summed E-state index contributed by atoms with van der Waals surface area (Å²) in [6, 6.07) is 0.406. The maximum atomic E-state index is 11.9. The largest absolute Gasteiger partial charge is 0.393 e. The third kappa shape index (κ3) is 2.11. The summed E-state index contributed by atoms with van der Waals surface area (Å²) in [5.41, 5.74) is 5.72. The van der Waals surface area contributed by atoms with Crippen LogP contribution in [0.15, 0.2) is 4.90 Å². The predicted octanol–water partition coefficient (Wildman–Crippen LogP) is 0.621. The Morgan fingerprint density at radius 2 is 1.95 bits per heavy atom. The molecule has 0 spiro atoms. The fraction of sp³-hybridized carbons (Fsp3) is 0.727. The van der Waals surface area contributed by atoms with Gasteiger partial charge in [-0.3, -0.25) is 0 Å². The first-order valence-electron chi connectivity index (χ1n) is 6.29. The SMILES string of the molecule is CS(=O)(=O)c1c(N)nsc1N1C2CCC1CC(O)C2. The first kappa shape index (κ1) is 13.1. The van der Waals surface area contributed by atoms with E-state index in [4.69, 9.17) is 5.73 Å². The van der Waals surface area contributed by atoms with E-state index in [-0.39, 0.29) is 28.9 Å². The minimum atomic E-state index is -3.38. The van der Waals surface area contributed by atoms with Gasteiger partial charge in [0, 0.05) is 18.3 Å². The number of nitrogens with zero attached hydrogens (tertiary/aromatic N) is 2. The Morgan fingerprint density at radius 1 is 1.37 bits per heavy atom. The highest BCUT2D eigenvalue weighted by Gasteiger charge is 2.43. The summed E-state index contributed by atoms with van der Waals surface area (Å²) < 4.78 is 27.8. The van der Waals surface area contributed by atoms with E-state index in [1.165, 1.54) is 0 Å². The zero-order chi connectivity index (χ0) is 13.8. The predicted molar refractivity (Wildman–Crippen MR) is 74.2 cm³/mol. The lowest BCUT2D eigenvalue weighted by molar-refractivity contribution is 0.126. The Balaban J connectivity index is 2.05. The smallest absolute Gasteiger partial charge is 0.182 e. The van der Waals surface area contributed by atoms with Crippen molar-refractivity contribution in [3.8, 4) is 0 Å². The fourth-order valence-corrected chi connectivity index (χ4v) is 5.61. The summed E-state index contributed by atoms with van der Waals surface area (Å²) in [4.78, 5) is 2.28. The number of piperidine rings is 1. The number of fused-ring (bicyclic) bond motifs is 2. The number of sulfone groups is 1. The van der Waals surface area contributed by atoms with E-state index in [0.29, 0.717) is 17.8 Å². The number of rotatable bonds is 2. The summed E-state index contributed by atoms with van der Waals surface area (Å²) in [6.45, 7) is 0. The van der Waals surface area contributed by atoms with Gasteiger partial charge in [0.05, 0.1) is 6.10 Å². The molecule has 2 aliphatic heterocycles. The molecule has 19 heavy (non-hydrogen) atoms. The second-order valence-corrected chi connectivity index (χ2v) is 8.10. The van der Waals surface area contributed by atoms with Crippen LogP contribution in [0.5, 0.6) is 0 Å². The standard InChI is InChI=1S/C11H17N3O3S2/c1-19(16,17)9-10(12)13-18-11(9)14-6-2-3-7(14)5-8(15)4-6/h6-8,15H,2-5H2,1H3,(H2,12,13). The number of aliphatic hydroxyl groups is 1. The van der Waals surface area contributed by atoms with E-state index in [9.17, 15) is 13.5 Å². The van der Waals surface area contributed by atoms with Crippen molar-refractivity contribution in [1.82, 2.24) is 4.37 Å². The maximum Gasteiger partial charge on any atom is 0.182 e. The Bertz CT molecular complexity index is 584. The van der Waals surface area contributed by atoms with Gasteiger partial charge in [0.15, 0.2) is 15.7 Å². The third-order valence-electron chi connectivity index (χ3n) is 3.97. The molecule has 2 fully saturated rings. The lowest BCUT2D eigenvalue weighted by atomic mass is 10.0. The van der Waals surface area contributed by atoms with Gasteiger partial charge in [-0.1, -0.05) is 0 Å². The highest BCUT2D eigenvalue weighted by atomic mass is 32.2. The first-order valence-corrected chi connectivity index (χ1v) is 8.96. The molecule has 2 unspecified atom stereocenters. The Kier molecular flexibility index (Phi) is 2.99. The highest BCUT2D eigenvalue weighted by Crippen LogP contribution is 2.45. The van der Waals surface area contributed by atoms with E-state index in [2.05, 4.69) is 9.27 Å². The van der Waals surface area contributed by atoms with Crippen LogP contribution in [0.25, 0.3) is 0 Å². The summed E-state index contributed by atoms with van der Waals surface area (Å²) in [7, 11) is -3.38. The molecule has 3 N–H and O–H groups in total. The monoisotopic (exact) mass is 303 g/mol. The summed E-state index contributed by atoms with van der Waals surface area (Å²) in [5, 5.41) is 10.5. The molecule has 106 valence electrons. The Hall–Kier alpha value is -0.860. The Morgan fingerprint density at radius 3 is 2.47 bits per heavy atom. The summed E-state index contributed by atoms with van der Waals surface area (Å²) in [5.74, 6) is 0.0908. The van der Waals surface area contributed by atoms with Crippen LogP contribution in [0.4, 0.5) is 10.8 Å². The molecule has 0 aliphatic carbocycles. The number of nitrogen functional groups attached to an aromatic ring is 1. The van der Waals surface area contributed by atoms with Gasteiger partial charge in [0.1, 0.15) is 9.90 Å². The van der Waals surface area contributed by atoms with Crippen molar-refractivity contribution in [2.24, 2.45) is 0 Å². The molecule has 0 amide bonds. The summed E-state index contributed by atoms with van der Waals surface area (Å²) in [6.07, 6.45) is 4.25. The fourth-order valence-electron chi connectivity index (χ4n) is 3.28. The van der Waals surface area contributed by atoms with Gasteiger partial charge in [-0.2, -0.15) is 4.37 Å². The van der Waals surface area contributed by atoms with Crippen LogP contribution in [-0.2, 0) is 9.84 Å². The van der Waals surface area contributed by atoms with Crippen molar-refractivity contribution >= 4 is 32.2 Å². The van der Waals surface area contributed by atoms with Crippen molar-refractivity contribution in [3.63, 3.8) is 0 Å². The van der Waals surface area contributed by atoms with Crippen molar-refractivity contribution < 1.29 is 13.5 Å². The molecule has 0 radical (unpaired) electrons. The van der Waals surface area contributed by atoms with Crippen LogP contribution in [0.2, 0.25) is 0 Å². The molecule has 6 nitrogen and oxygen atoms in total. The quantitative estimate of drug-likeness (QED) is 0.831. The zero-order valence-electron chi connectivity index (χ0n) is 10.6. The second-order valence-electron chi connectivity index (χ2n) is 5.39. The van der Waals surface area contributed by atoms with Gasteiger partial charge >= 0.3 is 0 Å². The molecule has 2 saturated heterocycles. The van der Waals surface area contributed by atoms with E-state index in [0.717, 1.165) is 30.6 Å². The van der Waals surface area contributed by atoms with E-state index >= 15 is 0 Å². The van der Waals surface area contributed by atoms with Crippen LogP contribution in [0, 0.1) is 0 Å². The number of anilines is 2. The Labute approximate surface area is 116 Å². The molecule has 1 aromatic rings. The van der Waals surface area contributed by atoms with Crippen LogP contribution >= 0.6 is 11.5 Å².